The third-order valence-electron chi connectivity index (χ3n) is 2.14. The normalized spacial score (nSPS) is 11.4. The Morgan fingerprint density at radius 1 is 1.71 bits per heavy atom. The average molecular weight is 233 g/mol. The Balaban J connectivity index is 2.89. The van der Waals surface area contributed by atoms with E-state index in [9.17, 15) is 9.18 Å². The summed E-state index contributed by atoms with van der Waals surface area (Å²) < 4.78 is 13.2. The van der Waals surface area contributed by atoms with E-state index in [-0.39, 0.29) is 11.3 Å². The third kappa shape index (κ3) is 3.13. The van der Waals surface area contributed by atoms with Gasteiger partial charge in [-0.05, 0) is 18.6 Å². The molecule has 0 aliphatic heterocycles. The van der Waals surface area contributed by atoms with Crippen molar-refractivity contribution in [3.63, 3.8) is 0 Å². The first-order valence-electron chi connectivity index (χ1n) is 4.96. The van der Waals surface area contributed by atoms with E-state index in [4.69, 9.17) is 11.0 Å². The molecule has 1 amide bonds. The van der Waals surface area contributed by atoms with Crippen molar-refractivity contribution in [2.45, 2.75) is 12.5 Å². The summed E-state index contributed by atoms with van der Waals surface area (Å²) in [5.74, 6) is -1.16. The fourth-order valence-corrected chi connectivity index (χ4v) is 1.25. The highest BCUT2D eigenvalue weighted by atomic mass is 19.1. The number of nitriles is 1. The monoisotopic (exact) mass is 233 g/mol. The van der Waals surface area contributed by atoms with Gasteiger partial charge in [0.15, 0.2) is 0 Å². The molecule has 4 nitrogen and oxygen atoms in total. The number of amides is 1. The van der Waals surface area contributed by atoms with Crippen LogP contribution >= 0.6 is 0 Å². The number of anilines is 1. The van der Waals surface area contributed by atoms with Crippen LogP contribution < -0.4 is 11.1 Å². The molecule has 0 aliphatic carbocycles. The minimum Gasteiger partial charge on any atom is -0.323 e. The molecule has 0 heterocycles. The smallest absolute Gasteiger partial charge is 0.241 e. The average Bonchev–Trinajstić information content (AvgIpc) is 2.29. The van der Waals surface area contributed by atoms with Gasteiger partial charge in [-0.15, -0.1) is 6.58 Å². The molecule has 88 valence electrons. The lowest BCUT2D eigenvalue weighted by atomic mass is 10.1. The van der Waals surface area contributed by atoms with Crippen LogP contribution in [-0.2, 0) is 4.79 Å². The highest BCUT2D eigenvalue weighted by Crippen LogP contribution is 2.17. The molecule has 1 aromatic rings. The molecule has 1 rings (SSSR count). The summed E-state index contributed by atoms with van der Waals surface area (Å²) >= 11 is 0. The molecule has 3 N–H and O–H groups in total. The van der Waals surface area contributed by atoms with E-state index >= 15 is 0 Å². The Morgan fingerprint density at radius 3 is 3.00 bits per heavy atom. The minimum absolute atomic E-state index is 0.122. The molecule has 0 aliphatic rings. The third-order valence-corrected chi connectivity index (χ3v) is 2.14. The largest absolute Gasteiger partial charge is 0.323 e. The zero-order valence-electron chi connectivity index (χ0n) is 9.11. The molecule has 1 unspecified atom stereocenters. The van der Waals surface area contributed by atoms with Gasteiger partial charge in [-0.2, -0.15) is 5.26 Å². The molecule has 1 atom stereocenters. The van der Waals surface area contributed by atoms with Crippen LogP contribution in [0, 0.1) is 17.1 Å². The van der Waals surface area contributed by atoms with Gasteiger partial charge in [-0.25, -0.2) is 4.39 Å². The molecule has 17 heavy (non-hydrogen) atoms. The maximum absolute atomic E-state index is 13.2. The van der Waals surface area contributed by atoms with Crippen LogP contribution in [0.25, 0.3) is 0 Å². The second-order valence-corrected chi connectivity index (χ2v) is 3.39. The van der Waals surface area contributed by atoms with Gasteiger partial charge >= 0.3 is 0 Å². The molecule has 0 saturated carbocycles. The maximum Gasteiger partial charge on any atom is 0.241 e. The van der Waals surface area contributed by atoms with Gasteiger partial charge in [0.1, 0.15) is 17.4 Å². The van der Waals surface area contributed by atoms with Crippen molar-refractivity contribution in [2.24, 2.45) is 5.73 Å². The van der Waals surface area contributed by atoms with Crippen molar-refractivity contribution in [1.29, 1.82) is 5.26 Å². The standard InChI is InChI=1S/C12H12FN3O/c1-2-4-10(15)12(17)16-11-6-3-5-9(13)8(11)7-14/h2-3,5-6,10H,1,4,15H2,(H,16,17). The molecule has 0 bridgehead atoms. The molecule has 1 aromatic carbocycles. The summed E-state index contributed by atoms with van der Waals surface area (Å²) in [4.78, 5) is 11.6. The molecule has 0 saturated heterocycles. The number of benzene rings is 1. The van der Waals surface area contributed by atoms with Crippen LogP contribution in [0.15, 0.2) is 30.9 Å². The first-order chi connectivity index (χ1) is 8.10. The fraction of sp³-hybridized carbons (Fsp3) is 0.167. The lowest BCUT2D eigenvalue weighted by molar-refractivity contribution is -0.117. The first-order valence-corrected chi connectivity index (χ1v) is 4.96. The summed E-state index contributed by atoms with van der Waals surface area (Å²) in [6, 6.07) is 4.93. The van der Waals surface area contributed by atoms with Gasteiger partial charge in [0.2, 0.25) is 5.91 Å². The van der Waals surface area contributed by atoms with Gasteiger partial charge in [0.25, 0.3) is 0 Å². The Hall–Kier alpha value is -2.19. The van der Waals surface area contributed by atoms with Crippen LogP contribution in [0.1, 0.15) is 12.0 Å². The number of carbonyl (C=O) groups is 1. The summed E-state index contributed by atoms with van der Waals surface area (Å²) in [6.07, 6.45) is 1.82. The lowest BCUT2D eigenvalue weighted by Crippen LogP contribution is -2.35. The molecule has 0 radical (unpaired) electrons. The quantitative estimate of drug-likeness (QED) is 0.774. The Kier molecular flexibility index (Phi) is 4.37. The highest BCUT2D eigenvalue weighted by molar-refractivity contribution is 5.95. The molecule has 0 fully saturated rings. The number of carbonyl (C=O) groups excluding carboxylic acids is 1. The lowest BCUT2D eigenvalue weighted by Gasteiger charge is -2.11. The van der Waals surface area contributed by atoms with Crippen LogP contribution in [0.5, 0.6) is 0 Å². The van der Waals surface area contributed by atoms with Crippen molar-refractivity contribution in [3.8, 4) is 6.07 Å². The number of nitrogens with one attached hydrogen (secondary N) is 1. The molecule has 5 heteroatoms. The number of rotatable bonds is 4. The van der Waals surface area contributed by atoms with Crippen LogP contribution in [0.3, 0.4) is 0 Å². The van der Waals surface area contributed by atoms with Gasteiger partial charge in [0.05, 0.1) is 11.7 Å². The fourth-order valence-electron chi connectivity index (χ4n) is 1.25. The van der Waals surface area contributed by atoms with Crippen molar-refractivity contribution in [1.82, 2.24) is 0 Å². The SMILES string of the molecule is C=CCC(N)C(=O)Nc1cccc(F)c1C#N. The second kappa shape index (κ2) is 5.77. The zero-order valence-corrected chi connectivity index (χ0v) is 9.11. The molecule has 0 spiro atoms. The predicted molar refractivity (Wildman–Crippen MR) is 62.5 cm³/mol. The topological polar surface area (TPSA) is 78.9 Å². The Bertz CT molecular complexity index is 479. The molecular formula is C12H12FN3O. The van der Waals surface area contributed by atoms with Crippen LogP contribution in [0.4, 0.5) is 10.1 Å². The van der Waals surface area contributed by atoms with E-state index in [0.717, 1.165) is 6.07 Å². The first kappa shape index (κ1) is 12.9. The molecule has 0 aromatic heterocycles. The van der Waals surface area contributed by atoms with Crippen LogP contribution in [0.2, 0.25) is 0 Å². The van der Waals surface area contributed by atoms with E-state index in [0.29, 0.717) is 6.42 Å². The van der Waals surface area contributed by atoms with Gasteiger partial charge < -0.3 is 11.1 Å². The number of nitrogens with zero attached hydrogens (tertiary/aromatic N) is 1. The van der Waals surface area contributed by atoms with E-state index in [1.165, 1.54) is 18.2 Å². The Morgan fingerprint density at radius 2 is 2.41 bits per heavy atom. The number of hydrogen-bond donors (Lipinski definition) is 2. The Labute approximate surface area is 98.5 Å². The van der Waals surface area contributed by atoms with Gasteiger partial charge in [-0.3, -0.25) is 4.79 Å². The highest BCUT2D eigenvalue weighted by Gasteiger charge is 2.15. The van der Waals surface area contributed by atoms with Gasteiger partial charge in [0, 0.05) is 0 Å². The van der Waals surface area contributed by atoms with Crippen molar-refractivity contribution in [2.75, 3.05) is 5.32 Å². The number of halogens is 1. The van der Waals surface area contributed by atoms with E-state index < -0.39 is 17.8 Å². The molecular weight excluding hydrogens is 221 g/mol. The van der Waals surface area contributed by atoms with Gasteiger partial charge in [-0.1, -0.05) is 12.1 Å². The van der Waals surface area contributed by atoms with Crippen molar-refractivity contribution in [3.05, 3.63) is 42.2 Å². The van der Waals surface area contributed by atoms with Crippen LogP contribution in [-0.4, -0.2) is 11.9 Å². The number of nitrogens with two attached hydrogens (primary N) is 1. The maximum atomic E-state index is 13.2. The van der Waals surface area contributed by atoms with Crippen molar-refractivity contribution >= 4 is 11.6 Å². The number of hydrogen-bond acceptors (Lipinski definition) is 3. The van der Waals surface area contributed by atoms with E-state index in [2.05, 4.69) is 11.9 Å². The second-order valence-electron chi connectivity index (χ2n) is 3.39. The van der Waals surface area contributed by atoms with E-state index in [1.54, 1.807) is 6.07 Å². The van der Waals surface area contributed by atoms with Crippen molar-refractivity contribution < 1.29 is 9.18 Å². The predicted octanol–water partition coefficient (Wildman–Crippen LogP) is 1.54. The minimum atomic E-state index is -0.762. The summed E-state index contributed by atoms with van der Waals surface area (Å²) in [6.45, 7) is 3.47. The summed E-state index contributed by atoms with van der Waals surface area (Å²) in [7, 11) is 0. The summed E-state index contributed by atoms with van der Waals surface area (Å²) in [5.41, 5.74) is 5.47. The van der Waals surface area contributed by atoms with E-state index in [1.807, 2.05) is 0 Å². The zero-order chi connectivity index (χ0) is 12.8. The summed E-state index contributed by atoms with van der Waals surface area (Å²) in [5, 5.41) is 11.2.